The van der Waals surface area contributed by atoms with Crippen LogP contribution < -0.4 is 15.4 Å². The maximum absolute atomic E-state index is 13.1. The average molecular weight is 353 g/mol. The molecule has 1 aliphatic rings. The number of hydrogen-bond acceptors (Lipinski definition) is 4. The highest BCUT2D eigenvalue weighted by molar-refractivity contribution is 5.97. The molecule has 0 spiro atoms. The summed E-state index contributed by atoms with van der Waals surface area (Å²) >= 11 is 0. The van der Waals surface area contributed by atoms with Crippen LogP contribution in [0.25, 0.3) is 0 Å². The highest BCUT2D eigenvalue weighted by atomic mass is 16.5. The monoisotopic (exact) mass is 353 g/mol. The molecule has 1 atom stereocenters. The molecule has 6 nitrogen and oxygen atoms in total. The molecule has 2 amide bonds. The van der Waals surface area contributed by atoms with Crippen LogP contribution in [0, 0.1) is 0 Å². The number of hydrogen-bond donors (Lipinski definition) is 2. The molecular formula is C20H23N3O3. The van der Waals surface area contributed by atoms with Crippen LogP contribution in [0.5, 0.6) is 5.75 Å². The minimum atomic E-state index is -0.545. The van der Waals surface area contributed by atoms with Crippen molar-refractivity contribution in [2.24, 2.45) is 0 Å². The summed E-state index contributed by atoms with van der Waals surface area (Å²) in [5, 5.41) is 5.77. The van der Waals surface area contributed by atoms with Crippen LogP contribution in [0.2, 0.25) is 0 Å². The molecule has 1 fully saturated rings. The lowest BCUT2D eigenvalue weighted by atomic mass is 10.0. The van der Waals surface area contributed by atoms with Crippen molar-refractivity contribution < 1.29 is 14.3 Å². The maximum atomic E-state index is 13.1. The van der Waals surface area contributed by atoms with Gasteiger partial charge in [-0.25, -0.2) is 0 Å². The van der Waals surface area contributed by atoms with Gasteiger partial charge in [-0.1, -0.05) is 42.5 Å². The highest BCUT2D eigenvalue weighted by Gasteiger charge is 2.31. The molecule has 6 heteroatoms. The van der Waals surface area contributed by atoms with Gasteiger partial charge in [0.2, 0.25) is 11.8 Å². The fourth-order valence-electron chi connectivity index (χ4n) is 3.09. The van der Waals surface area contributed by atoms with E-state index in [0.717, 1.165) is 5.56 Å². The zero-order chi connectivity index (χ0) is 18.4. The van der Waals surface area contributed by atoms with Gasteiger partial charge in [0.05, 0.1) is 18.8 Å². The molecule has 0 saturated carbocycles. The summed E-state index contributed by atoms with van der Waals surface area (Å²) in [5.74, 6) is 0.379. The summed E-state index contributed by atoms with van der Waals surface area (Å²) in [5.41, 5.74) is 1.48. The van der Waals surface area contributed by atoms with Gasteiger partial charge in [-0.05, 0) is 24.6 Å². The normalized spacial score (nSPS) is 15.8. The van der Waals surface area contributed by atoms with E-state index >= 15 is 0 Å². The Hall–Kier alpha value is -2.86. The van der Waals surface area contributed by atoms with E-state index in [1.807, 2.05) is 66.4 Å². The van der Waals surface area contributed by atoms with Crippen LogP contribution in [0.4, 0.5) is 5.69 Å². The molecule has 136 valence electrons. The number of rotatable bonds is 6. The Morgan fingerprint density at radius 2 is 1.92 bits per heavy atom. The largest absolute Gasteiger partial charge is 0.492 e. The first-order chi connectivity index (χ1) is 12.7. The van der Waals surface area contributed by atoms with E-state index in [1.54, 1.807) is 0 Å². The lowest BCUT2D eigenvalue weighted by molar-refractivity contribution is -0.128. The number of para-hydroxylation sites is 2. The summed E-state index contributed by atoms with van der Waals surface area (Å²) in [6.45, 7) is 3.76. The summed E-state index contributed by atoms with van der Waals surface area (Å²) in [7, 11) is 0. The fourth-order valence-corrected chi connectivity index (χ4v) is 3.09. The number of nitrogens with one attached hydrogen (secondary N) is 2. The van der Waals surface area contributed by atoms with Crippen molar-refractivity contribution in [3.05, 3.63) is 60.2 Å². The second-order valence-electron chi connectivity index (χ2n) is 6.05. The molecule has 0 aromatic heterocycles. The SMILES string of the molecule is CCOc1ccccc1NC(=O)[C@@H](c1ccccc1)N1CCNC(=O)C1. The molecule has 2 aromatic carbocycles. The number of amides is 2. The minimum Gasteiger partial charge on any atom is -0.492 e. The predicted octanol–water partition coefficient (Wildman–Crippen LogP) is 2.20. The summed E-state index contributed by atoms with van der Waals surface area (Å²) in [6.07, 6.45) is 0. The van der Waals surface area contributed by atoms with Gasteiger partial charge in [-0.2, -0.15) is 0 Å². The number of piperazine rings is 1. The molecule has 0 unspecified atom stereocenters. The van der Waals surface area contributed by atoms with E-state index in [0.29, 0.717) is 31.1 Å². The van der Waals surface area contributed by atoms with Crippen molar-refractivity contribution in [3.63, 3.8) is 0 Å². The van der Waals surface area contributed by atoms with Crippen molar-refractivity contribution in [2.75, 3.05) is 31.6 Å². The summed E-state index contributed by atoms with van der Waals surface area (Å²) < 4.78 is 5.59. The molecule has 26 heavy (non-hydrogen) atoms. The summed E-state index contributed by atoms with van der Waals surface area (Å²) in [6, 6.07) is 16.3. The van der Waals surface area contributed by atoms with E-state index in [-0.39, 0.29) is 18.4 Å². The van der Waals surface area contributed by atoms with E-state index in [1.165, 1.54) is 0 Å². The Labute approximate surface area is 153 Å². The third-order valence-electron chi connectivity index (χ3n) is 4.24. The van der Waals surface area contributed by atoms with Crippen LogP contribution in [0.1, 0.15) is 18.5 Å². The van der Waals surface area contributed by atoms with Crippen molar-refractivity contribution in [1.82, 2.24) is 10.2 Å². The van der Waals surface area contributed by atoms with Crippen molar-refractivity contribution in [2.45, 2.75) is 13.0 Å². The number of ether oxygens (including phenoxy) is 1. The zero-order valence-corrected chi connectivity index (χ0v) is 14.8. The predicted molar refractivity (Wildman–Crippen MR) is 100 cm³/mol. The van der Waals surface area contributed by atoms with Crippen LogP contribution in [-0.2, 0) is 9.59 Å². The molecule has 0 radical (unpaired) electrons. The number of anilines is 1. The van der Waals surface area contributed by atoms with Crippen LogP contribution in [-0.4, -0.2) is 43.0 Å². The molecule has 1 aliphatic heterocycles. The second-order valence-corrected chi connectivity index (χ2v) is 6.05. The van der Waals surface area contributed by atoms with E-state index in [2.05, 4.69) is 10.6 Å². The number of benzene rings is 2. The first-order valence-corrected chi connectivity index (χ1v) is 8.77. The highest BCUT2D eigenvalue weighted by Crippen LogP contribution is 2.28. The van der Waals surface area contributed by atoms with Crippen molar-refractivity contribution >= 4 is 17.5 Å². The third-order valence-corrected chi connectivity index (χ3v) is 4.24. The van der Waals surface area contributed by atoms with Gasteiger partial charge >= 0.3 is 0 Å². The first-order valence-electron chi connectivity index (χ1n) is 8.77. The van der Waals surface area contributed by atoms with Crippen LogP contribution >= 0.6 is 0 Å². The first kappa shape index (κ1) is 17.9. The smallest absolute Gasteiger partial charge is 0.246 e. The van der Waals surface area contributed by atoms with Gasteiger partial charge in [-0.3, -0.25) is 14.5 Å². The van der Waals surface area contributed by atoms with Crippen LogP contribution in [0.15, 0.2) is 54.6 Å². The van der Waals surface area contributed by atoms with Gasteiger partial charge < -0.3 is 15.4 Å². The minimum absolute atomic E-state index is 0.0697. The number of carbonyl (C=O) groups is 2. The number of nitrogens with zero attached hydrogens (tertiary/aromatic N) is 1. The lowest BCUT2D eigenvalue weighted by Crippen LogP contribution is -2.51. The molecule has 1 saturated heterocycles. The number of carbonyl (C=O) groups excluding carboxylic acids is 2. The van der Waals surface area contributed by atoms with E-state index in [9.17, 15) is 9.59 Å². The molecular weight excluding hydrogens is 330 g/mol. The zero-order valence-electron chi connectivity index (χ0n) is 14.8. The Kier molecular flexibility index (Phi) is 5.86. The molecule has 2 N–H and O–H groups in total. The molecule has 0 bridgehead atoms. The Balaban J connectivity index is 1.87. The standard InChI is InChI=1S/C20H23N3O3/c1-2-26-17-11-7-6-10-16(17)22-20(25)19(15-8-4-3-5-9-15)23-13-12-21-18(24)14-23/h3-11,19H,2,12-14H2,1H3,(H,21,24)(H,22,25)/t19-/m1/s1. The van der Waals surface area contributed by atoms with Gasteiger partial charge in [0.1, 0.15) is 11.8 Å². The van der Waals surface area contributed by atoms with Gasteiger partial charge in [-0.15, -0.1) is 0 Å². The molecule has 0 aliphatic carbocycles. The third kappa shape index (κ3) is 4.21. The van der Waals surface area contributed by atoms with Crippen molar-refractivity contribution in [1.29, 1.82) is 0 Å². The topological polar surface area (TPSA) is 70.7 Å². The van der Waals surface area contributed by atoms with E-state index in [4.69, 9.17) is 4.74 Å². The molecule has 2 aromatic rings. The second kappa shape index (κ2) is 8.49. The molecule has 3 rings (SSSR count). The fraction of sp³-hybridized carbons (Fsp3) is 0.300. The Morgan fingerprint density at radius 3 is 2.65 bits per heavy atom. The average Bonchev–Trinajstić information content (AvgIpc) is 2.65. The van der Waals surface area contributed by atoms with Gasteiger partial charge in [0.15, 0.2) is 0 Å². The quantitative estimate of drug-likeness (QED) is 0.835. The van der Waals surface area contributed by atoms with Crippen molar-refractivity contribution in [3.8, 4) is 5.75 Å². The Bertz CT molecular complexity index is 764. The Morgan fingerprint density at radius 1 is 1.19 bits per heavy atom. The lowest BCUT2D eigenvalue weighted by Gasteiger charge is -2.33. The summed E-state index contributed by atoms with van der Waals surface area (Å²) in [4.78, 5) is 26.9. The van der Waals surface area contributed by atoms with E-state index < -0.39 is 6.04 Å². The maximum Gasteiger partial charge on any atom is 0.246 e. The van der Waals surface area contributed by atoms with Gasteiger partial charge in [0, 0.05) is 13.1 Å². The van der Waals surface area contributed by atoms with Crippen LogP contribution in [0.3, 0.4) is 0 Å². The molecule has 1 heterocycles. The van der Waals surface area contributed by atoms with Gasteiger partial charge in [0.25, 0.3) is 0 Å².